The number of aromatic nitrogens is 3. The van der Waals surface area contributed by atoms with Crippen LogP contribution in [0.25, 0.3) is 16.7 Å². The number of carbonyl (C=O) groups excluding carboxylic acids is 1. The Morgan fingerprint density at radius 1 is 1.17 bits per heavy atom. The third-order valence-corrected chi connectivity index (χ3v) is 7.46. The average Bonchev–Trinajstić information content (AvgIpc) is 3.21. The molecule has 7 nitrogen and oxygen atoms in total. The number of nitrogens with zero attached hydrogens (tertiary/aromatic N) is 5. The first-order valence-corrected chi connectivity index (χ1v) is 12.6. The third kappa shape index (κ3) is 4.63. The smallest absolute Gasteiger partial charge is 0.356 e. The van der Waals surface area contributed by atoms with Gasteiger partial charge >= 0.3 is 5.97 Å². The van der Waals surface area contributed by atoms with Crippen molar-refractivity contribution in [3.8, 4) is 5.69 Å². The number of pyridine rings is 1. The Kier molecular flexibility index (Phi) is 6.73. The monoisotopic (exact) mass is 479 g/mol. The molecule has 0 unspecified atom stereocenters. The van der Waals surface area contributed by atoms with Gasteiger partial charge in [-0.15, -0.1) is 0 Å². The number of halogens is 1. The lowest BCUT2D eigenvalue weighted by Crippen LogP contribution is -2.39. The highest BCUT2D eigenvalue weighted by Gasteiger charge is 2.33. The van der Waals surface area contributed by atoms with Crippen LogP contribution in [0.1, 0.15) is 54.2 Å². The van der Waals surface area contributed by atoms with Crippen molar-refractivity contribution in [1.82, 2.24) is 19.7 Å². The molecule has 1 saturated carbocycles. The summed E-state index contributed by atoms with van der Waals surface area (Å²) in [4.78, 5) is 21.6. The van der Waals surface area contributed by atoms with E-state index in [1.807, 2.05) is 60.1 Å². The quantitative estimate of drug-likeness (QED) is 0.462. The van der Waals surface area contributed by atoms with Gasteiger partial charge in [0.15, 0.2) is 11.3 Å². The van der Waals surface area contributed by atoms with Crippen LogP contribution >= 0.6 is 0 Å². The van der Waals surface area contributed by atoms with Gasteiger partial charge in [0.05, 0.1) is 29.6 Å². The Bertz CT molecular complexity index is 1180. The minimum Gasteiger partial charge on any atom is -0.464 e. The lowest BCUT2D eigenvalue weighted by molar-refractivity contribution is 0.0594. The molecule has 0 amide bonds. The van der Waals surface area contributed by atoms with Crippen LogP contribution in [0.15, 0.2) is 36.4 Å². The first-order chi connectivity index (χ1) is 17.0. The van der Waals surface area contributed by atoms with Gasteiger partial charge in [0, 0.05) is 25.6 Å². The molecule has 35 heavy (non-hydrogen) atoms. The van der Waals surface area contributed by atoms with Crippen LogP contribution in [0, 0.1) is 5.92 Å². The van der Waals surface area contributed by atoms with Gasteiger partial charge in [-0.2, -0.15) is 5.10 Å². The van der Waals surface area contributed by atoms with E-state index in [1.54, 1.807) is 0 Å². The number of benzene rings is 1. The summed E-state index contributed by atoms with van der Waals surface area (Å²) in [6.45, 7) is 1.92. The number of piperidine rings is 1. The number of hydrogen-bond acceptors (Lipinski definition) is 6. The lowest BCUT2D eigenvalue weighted by atomic mass is 9.81. The number of alkyl halides is 1. The zero-order valence-corrected chi connectivity index (χ0v) is 20.8. The van der Waals surface area contributed by atoms with Gasteiger partial charge in [0.25, 0.3) is 0 Å². The Balaban J connectivity index is 1.59. The van der Waals surface area contributed by atoms with Crippen LogP contribution in [0.2, 0.25) is 0 Å². The predicted molar refractivity (Wildman–Crippen MR) is 135 cm³/mol. The number of anilines is 1. The van der Waals surface area contributed by atoms with Crippen LogP contribution in [0.5, 0.6) is 0 Å². The van der Waals surface area contributed by atoms with Crippen LogP contribution in [-0.2, 0) is 4.74 Å². The fraction of sp³-hybridized carbons (Fsp3) is 0.519. The Hall–Kier alpha value is -3.00. The minimum absolute atomic E-state index is 0.0456. The Labute approximate surface area is 205 Å². The van der Waals surface area contributed by atoms with Crippen molar-refractivity contribution < 1.29 is 13.9 Å². The minimum atomic E-state index is -0.832. The second kappa shape index (κ2) is 9.93. The SMILES string of the molecule is COC(=O)c1cc(N2CCC([C@H](F)CN(C)C)CC2)c2c(C3CCC3)nn(-c3ccccc3)c2n1. The lowest BCUT2D eigenvalue weighted by Gasteiger charge is -2.36. The molecule has 5 rings (SSSR count). The second-order valence-electron chi connectivity index (χ2n) is 10.1. The molecular formula is C27H34FN5O2. The Morgan fingerprint density at radius 3 is 2.49 bits per heavy atom. The summed E-state index contributed by atoms with van der Waals surface area (Å²) < 4.78 is 21.7. The molecule has 1 aliphatic heterocycles. The van der Waals surface area contributed by atoms with E-state index in [-0.39, 0.29) is 11.6 Å². The maximum absolute atomic E-state index is 14.8. The number of esters is 1. The predicted octanol–water partition coefficient (Wildman–Crippen LogP) is 4.59. The zero-order chi connectivity index (χ0) is 24.5. The highest BCUT2D eigenvalue weighted by atomic mass is 19.1. The van der Waals surface area contributed by atoms with E-state index < -0.39 is 12.1 Å². The zero-order valence-electron chi connectivity index (χ0n) is 20.8. The number of ether oxygens (including phenoxy) is 1. The van der Waals surface area contributed by atoms with Crippen LogP contribution in [0.4, 0.5) is 10.1 Å². The topological polar surface area (TPSA) is 63.5 Å². The summed E-state index contributed by atoms with van der Waals surface area (Å²) in [7, 11) is 5.20. The van der Waals surface area contributed by atoms with E-state index >= 15 is 0 Å². The largest absolute Gasteiger partial charge is 0.464 e. The van der Waals surface area contributed by atoms with Gasteiger partial charge in [-0.05, 0) is 63.9 Å². The third-order valence-electron chi connectivity index (χ3n) is 7.46. The fourth-order valence-electron chi connectivity index (χ4n) is 5.30. The van der Waals surface area contributed by atoms with Gasteiger partial charge in [0.2, 0.25) is 0 Å². The van der Waals surface area contributed by atoms with E-state index in [1.165, 1.54) is 13.5 Å². The first kappa shape index (κ1) is 23.7. The molecule has 2 aromatic heterocycles. The number of fused-ring (bicyclic) bond motifs is 1. The van der Waals surface area contributed by atoms with Gasteiger partial charge < -0.3 is 14.5 Å². The van der Waals surface area contributed by atoms with Gasteiger partial charge in [-0.3, -0.25) is 0 Å². The molecule has 0 spiro atoms. The summed E-state index contributed by atoms with van der Waals surface area (Å²) in [5.41, 5.74) is 3.86. The average molecular weight is 480 g/mol. The van der Waals surface area contributed by atoms with E-state index in [4.69, 9.17) is 14.8 Å². The maximum atomic E-state index is 14.8. The van der Waals surface area contributed by atoms with Crippen molar-refractivity contribution in [2.75, 3.05) is 45.7 Å². The number of methoxy groups -OCH3 is 1. The van der Waals surface area contributed by atoms with E-state index in [0.29, 0.717) is 18.1 Å². The van der Waals surface area contributed by atoms with Crippen LogP contribution in [-0.4, -0.2) is 72.6 Å². The molecule has 0 bridgehead atoms. The molecule has 8 heteroatoms. The normalized spacial score (nSPS) is 18.1. The number of para-hydroxylation sites is 1. The molecule has 186 valence electrons. The highest BCUT2D eigenvalue weighted by molar-refractivity contribution is 5.99. The molecular weight excluding hydrogens is 445 g/mol. The van der Waals surface area contributed by atoms with E-state index in [0.717, 1.165) is 61.2 Å². The van der Waals surface area contributed by atoms with Crippen molar-refractivity contribution in [3.05, 3.63) is 47.8 Å². The molecule has 1 atom stereocenters. The molecule has 0 radical (unpaired) electrons. The number of hydrogen-bond donors (Lipinski definition) is 0. The summed E-state index contributed by atoms with van der Waals surface area (Å²) in [5, 5.41) is 6.06. The molecule has 3 aromatic rings. The molecule has 0 N–H and O–H groups in total. The Morgan fingerprint density at radius 2 is 1.89 bits per heavy atom. The number of carbonyl (C=O) groups is 1. The van der Waals surface area contributed by atoms with Gasteiger partial charge in [-0.1, -0.05) is 24.6 Å². The molecule has 2 fully saturated rings. The molecule has 1 aliphatic carbocycles. The van der Waals surface area contributed by atoms with Crippen molar-refractivity contribution >= 4 is 22.7 Å². The molecule has 3 heterocycles. The van der Waals surface area contributed by atoms with E-state index in [9.17, 15) is 9.18 Å². The van der Waals surface area contributed by atoms with Crippen LogP contribution < -0.4 is 4.90 Å². The summed E-state index contributed by atoms with van der Waals surface area (Å²) in [6, 6.07) is 11.8. The fourth-order valence-corrected chi connectivity index (χ4v) is 5.30. The van der Waals surface area contributed by atoms with Crippen molar-refractivity contribution in [1.29, 1.82) is 0 Å². The van der Waals surface area contributed by atoms with Crippen molar-refractivity contribution in [2.45, 2.75) is 44.2 Å². The molecule has 2 aliphatic rings. The summed E-state index contributed by atoms with van der Waals surface area (Å²) in [6.07, 6.45) is 4.13. The van der Waals surface area contributed by atoms with Crippen LogP contribution in [0.3, 0.4) is 0 Å². The summed E-state index contributed by atoms with van der Waals surface area (Å²) >= 11 is 0. The summed E-state index contributed by atoms with van der Waals surface area (Å²) in [5.74, 6) is -0.0344. The second-order valence-corrected chi connectivity index (χ2v) is 10.1. The van der Waals surface area contributed by atoms with E-state index in [2.05, 4.69) is 4.90 Å². The standard InChI is InChI=1S/C27H34FN5O2/c1-31(2)17-21(28)18-12-14-32(15-13-18)23-16-22(27(34)35-3)29-26-24(23)25(19-8-7-9-19)30-33(26)20-10-5-4-6-11-20/h4-6,10-11,16,18-19,21H,7-9,12-15,17H2,1-3H3/t21-/m1/s1. The highest BCUT2D eigenvalue weighted by Crippen LogP contribution is 2.43. The van der Waals surface area contributed by atoms with Crippen molar-refractivity contribution in [3.63, 3.8) is 0 Å². The number of rotatable bonds is 7. The first-order valence-electron chi connectivity index (χ1n) is 12.6. The molecule has 1 saturated heterocycles. The van der Waals surface area contributed by atoms with Gasteiger partial charge in [-0.25, -0.2) is 18.9 Å². The van der Waals surface area contributed by atoms with Crippen molar-refractivity contribution in [2.24, 2.45) is 5.92 Å². The maximum Gasteiger partial charge on any atom is 0.356 e. The molecule has 1 aromatic carbocycles. The van der Waals surface area contributed by atoms with Gasteiger partial charge in [0.1, 0.15) is 6.17 Å².